The Morgan fingerprint density at radius 2 is 1.83 bits per heavy atom. The molecule has 114 valence electrons. The standard InChI is InChI=1S/C17H14N4OS/c1-22-15-9-7-13(8-10-15)16-19-20-17(23-12-11-18)21(16)14-5-3-2-4-6-14/h2-10H,12H2,1H3. The molecule has 0 saturated heterocycles. The summed E-state index contributed by atoms with van der Waals surface area (Å²) in [6.07, 6.45) is 0. The van der Waals surface area contributed by atoms with E-state index in [0.29, 0.717) is 10.9 Å². The highest BCUT2D eigenvalue weighted by atomic mass is 32.2. The van der Waals surface area contributed by atoms with Gasteiger partial charge in [-0.1, -0.05) is 30.0 Å². The van der Waals surface area contributed by atoms with Gasteiger partial charge in [-0.3, -0.25) is 4.57 Å². The number of methoxy groups -OCH3 is 1. The molecule has 6 heteroatoms. The van der Waals surface area contributed by atoms with E-state index < -0.39 is 0 Å². The van der Waals surface area contributed by atoms with Crippen molar-refractivity contribution >= 4 is 11.8 Å². The normalized spacial score (nSPS) is 10.3. The van der Waals surface area contributed by atoms with Crippen molar-refractivity contribution in [3.63, 3.8) is 0 Å². The zero-order chi connectivity index (χ0) is 16.1. The van der Waals surface area contributed by atoms with Gasteiger partial charge in [0.25, 0.3) is 0 Å². The highest BCUT2D eigenvalue weighted by Crippen LogP contribution is 2.28. The molecule has 3 aromatic rings. The SMILES string of the molecule is COc1ccc(-c2nnc(SCC#N)n2-c2ccccc2)cc1. The molecule has 5 nitrogen and oxygen atoms in total. The van der Waals surface area contributed by atoms with Gasteiger partial charge in [0.05, 0.1) is 18.9 Å². The van der Waals surface area contributed by atoms with Crippen LogP contribution in [0.15, 0.2) is 59.8 Å². The topological polar surface area (TPSA) is 63.7 Å². The maximum Gasteiger partial charge on any atom is 0.197 e. The molecule has 3 rings (SSSR count). The molecular weight excluding hydrogens is 308 g/mol. The number of hydrogen-bond donors (Lipinski definition) is 0. The predicted molar refractivity (Wildman–Crippen MR) is 89.7 cm³/mol. The van der Waals surface area contributed by atoms with Crippen LogP contribution in [0.1, 0.15) is 0 Å². The molecule has 0 fully saturated rings. The van der Waals surface area contributed by atoms with Crippen molar-refractivity contribution in [2.75, 3.05) is 12.9 Å². The first-order valence-corrected chi connectivity index (χ1v) is 7.97. The van der Waals surface area contributed by atoms with Crippen LogP contribution in [-0.4, -0.2) is 27.6 Å². The molecule has 1 aromatic heterocycles. The van der Waals surface area contributed by atoms with Gasteiger partial charge in [-0.05, 0) is 36.4 Å². The van der Waals surface area contributed by atoms with Crippen LogP contribution in [-0.2, 0) is 0 Å². The summed E-state index contributed by atoms with van der Waals surface area (Å²) in [6.45, 7) is 0. The van der Waals surface area contributed by atoms with E-state index in [1.165, 1.54) is 11.8 Å². The molecule has 0 radical (unpaired) electrons. The number of hydrogen-bond acceptors (Lipinski definition) is 5. The molecule has 0 saturated carbocycles. The quantitative estimate of drug-likeness (QED) is 0.672. The van der Waals surface area contributed by atoms with Crippen LogP contribution in [0.3, 0.4) is 0 Å². The van der Waals surface area contributed by atoms with Crippen molar-refractivity contribution in [2.45, 2.75) is 5.16 Å². The highest BCUT2D eigenvalue weighted by Gasteiger charge is 2.15. The third kappa shape index (κ3) is 3.20. The Morgan fingerprint density at radius 3 is 2.48 bits per heavy atom. The summed E-state index contributed by atoms with van der Waals surface area (Å²) in [5, 5.41) is 18.1. The van der Waals surface area contributed by atoms with Crippen molar-refractivity contribution in [2.24, 2.45) is 0 Å². The van der Waals surface area contributed by atoms with Gasteiger partial charge in [-0.15, -0.1) is 10.2 Å². The first-order valence-electron chi connectivity index (χ1n) is 6.98. The zero-order valence-electron chi connectivity index (χ0n) is 12.5. The molecule has 1 heterocycles. The van der Waals surface area contributed by atoms with E-state index in [1.807, 2.05) is 59.2 Å². The smallest absolute Gasteiger partial charge is 0.197 e. The molecule has 0 aliphatic carbocycles. The van der Waals surface area contributed by atoms with Gasteiger partial charge in [-0.2, -0.15) is 5.26 Å². The van der Waals surface area contributed by atoms with E-state index >= 15 is 0 Å². The van der Waals surface area contributed by atoms with Crippen LogP contribution in [0.4, 0.5) is 0 Å². The largest absolute Gasteiger partial charge is 0.497 e. The number of para-hydroxylation sites is 1. The molecule has 0 aliphatic heterocycles. The van der Waals surface area contributed by atoms with Crippen molar-refractivity contribution in [1.82, 2.24) is 14.8 Å². The summed E-state index contributed by atoms with van der Waals surface area (Å²) in [5.41, 5.74) is 1.90. The first kappa shape index (κ1) is 15.1. The Labute approximate surface area is 138 Å². The lowest BCUT2D eigenvalue weighted by Crippen LogP contribution is -1.99. The number of nitrogens with zero attached hydrogens (tertiary/aromatic N) is 4. The molecule has 0 unspecified atom stereocenters. The van der Waals surface area contributed by atoms with Gasteiger partial charge in [0.1, 0.15) is 5.75 Å². The molecule has 0 spiro atoms. The number of thioether (sulfide) groups is 1. The summed E-state index contributed by atoms with van der Waals surface area (Å²) < 4.78 is 7.16. The van der Waals surface area contributed by atoms with Crippen LogP contribution in [0.25, 0.3) is 17.1 Å². The Hall–Kier alpha value is -2.78. The van der Waals surface area contributed by atoms with E-state index in [-0.39, 0.29) is 0 Å². The van der Waals surface area contributed by atoms with Crippen molar-refractivity contribution < 1.29 is 4.74 Å². The Morgan fingerprint density at radius 1 is 1.09 bits per heavy atom. The lowest BCUT2D eigenvalue weighted by atomic mass is 10.2. The van der Waals surface area contributed by atoms with Crippen molar-refractivity contribution in [3.8, 4) is 28.9 Å². The number of ether oxygens (including phenoxy) is 1. The Balaban J connectivity index is 2.09. The van der Waals surface area contributed by atoms with Crippen molar-refractivity contribution in [3.05, 3.63) is 54.6 Å². The summed E-state index contributed by atoms with van der Waals surface area (Å²) >= 11 is 1.37. The van der Waals surface area contributed by atoms with Crippen LogP contribution in [0.5, 0.6) is 5.75 Å². The number of benzene rings is 2. The van der Waals surface area contributed by atoms with Gasteiger partial charge in [-0.25, -0.2) is 0 Å². The molecule has 0 amide bonds. The van der Waals surface area contributed by atoms with Gasteiger partial charge in [0, 0.05) is 11.3 Å². The predicted octanol–water partition coefficient (Wildman–Crippen LogP) is 3.56. The molecular formula is C17H14N4OS. The zero-order valence-corrected chi connectivity index (χ0v) is 13.3. The molecule has 0 atom stereocenters. The minimum Gasteiger partial charge on any atom is -0.497 e. The lowest BCUT2D eigenvalue weighted by molar-refractivity contribution is 0.415. The van der Waals surface area contributed by atoms with E-state index in [0.717, 1.165) is 22.8 Å². The second kappa shape index (κ2) is 6.99. The third-order valence-electron chi connectivity index (χ3n) is 3.26. The van der Waals surface area contributed by atoms with Gasteiger partial charge < -0.3 is 4.74 Å². The summed E-state index contributed by atoms with van der Waals surface area (Å²) in [6, 6.07) is 19.7. The molecule has 0 aliphatic rings. The van der Waals surface area contributed by atoms with Crippen LogP contribution < -0.4 is 4.74 Å². The van der Waals surface area contributed by atoms with Crippen LogP contribution in [0, 0.1) is 11.3 Å². The second-order valence-corrected chi connectivity index (χ2v) is 5.59. The molecule has 23 heavy (non-hydrogen) atoms. The van der Waals surface area contributed by atoms with Gasteiger partial charge >= 0.3 is 0 Å². The maximum absolute atomic E-state index is 8.83. The Bertz CT molecular complexity index is 822. The maximum atomic E-state index is 8.83. The molecule has 2 aromatic carbocycles. The summed E-state index contributed by atoms with van der Waals surface area (Å²) in [4.78, 5) is 0. The van der Waals surface area contributed by atoms with E-state index in [2.05, 4.69) is 16.3 Å². The van der Waals surface area contributed by atoms with Crippen molar-refractivity contribution in [1.29, 1.82) is 5.26 Å². The Kier molecular flexibility index (Phi) is 4.60. The van der Waals surface area contributed by atoms with Gasteiger partial charge in [0.15, 0.2) is 11.0 Å². The average molecular weight is 322 g/mol. The van der Waals surface area contributed by atoms with E-state index in [1.54, 1.807) is 7.11 Å². The number of aromatic nitrogens is 3. The number of nitriles is 1. The fourth-order valence-electron chi connectivity index (χ4n) is 2.20. The minimum absolute atomic E-state index is 0.327. The van der Waals surface area contributed by atoms with E-state index in [4.69, 9.17) is 10.00 Å². The minimum atomic E-state index is 0.327. The van der Waals surface area contributed by atoms with Crippen LogP contribution in [0.2, 0.25) is 0 Å². The lowest BCUT2D eigenvalue weighted by Gasteiger charge is -2.10. The average Bonchev–Trinajstić information content (AvgIpc) is 3.04. The number of rotatable bonds is 5. The summed E-state index contributed by atoms with van der Waals surface area (Å²) in [7, 11) is 1.64. The fraction of sp³-hybridized carbons (Fsp3) is 0.118. The first-order chi connectivity index (χ1) is 11.3. The highest BCUT2D eigenvalue weighted by molar-refractivity contribution is 7.99. The second-order valence-electron chi connectivity index (χ2n) is 4.65. The van der Waals surface area contributed by atoms with Crippen LogP contribution >= 0.6 is 11.8 Å². The van der Waals surface area contributed by atoms with E-state index in [9.17, 15) is 0 Å². The molecule has 0 N–H and O–H groups in total. The van der Waals surface area contributed by atoms with Gasteiger partial charge in [0.2, 0.25) is 0 Å². The summed E-state index contributed by atoms with van der Waals surface area (Å²) in [5.74, 6) is 1.85. The fourth-order valence-corrected chi connectivity index (χ4v) is 2.81. The molecule has 0 bridgehead atoms. The monoisotopic (exact) mass is 322 g/mol. The third-order valence-corrected chi connectivity index (χ3v) is 4.06.